The predicted octanol–water partition coefficient (Wildman–Crippen LogP) is 2.48. The lowest BCUT2D eigenvalue weighted by atomic mass is 9.74. The van der Waals surface area contributed by atoms with Crippen LogP contribution in [-0.2, 0) is 9.59 Å². The van der Waals surface area contributed by atoms with Crippen LogP contribution in [0.25, 0.3) is 0 Å². The molecule has 1 aliphatic carbocycles. The zero-order chi connectivity index (χ0) is 14.9. The quantitative estimate of drug-likeness (QED) is 0.835. The number of hydrogen-bond donors (Lipinski definition) is 2. The minimum atomic E-state index is -5.04. The van der Waals surface area contributed by atoms with Gasteiger partial charge in [-0.05, 0) is 19.8 Å². The molecule has 1 amide bonds. The van der Waals surface area contributed by atoms with E-state index in [1.165, 1.54) is 0 Å². The second-order valence-electron chi connectivity index (χ2n) is 5.50. The molecule has 19 heavy (non-hydrogen) atoms. The van der Waals surface area contributed by atoms with Gasteiger partial charge in [0.1, 0.15) is 0 Å². The zero-order valence-corrected chi connectivity index (χ0v) is 10.9. The van der Waals surface area contributed by atoms with Crippen molar-refractivity contribution in [1.82, 2.24) is 5.32 Å². The van der Waals surface area contributed by atoms with Crippen molar-refractivity contribution in [2.45, 2.75) is 57.7 Å². The second-order valence-corrected chi connectivity index (χ2v) is 5.50. The number of amides is 1. The number of halogens is 3. The standard InChI is InChI=1S/C12H18F3NO3/c1-10(6-4-3-5-7-10)8(17)16-11(2,9(18)19)12(13,14)15/h3-7H2,1-2H3,(H,16,17)(H,18,19). The average Bonchev–Trinajstić information content (AvgIpc) is 2.28. The normalized spacial score (nSPS) is 22.4. The third-order valence-electron chi connectivity index (χ3n) is 3.86. The maximum absolute atomic E-state index is 12.8. The summed E-state index contributed by atoms with van der Waals surface area (Å²) in [6.45, 7) is 2.06. The lowest BCUT2D eigenvalue weighted by Gasteiger charge is -2.36. The number of rotatable bonds is 3. The predicted molar refractivity (Wildman–Crippen MR) is 61.4 cm³/mol. The number of carbonyl (C=O) groups excluding carboxylic acids is 1. The molecule has 0 saturated heterocycles. The molecule has 0 aromatic carbocycles. The van der Waals surface area contributed by atoms with Crippen molar-refractivity contribution in [3.8, 4) is 0 Å². The number of carboxylic acid groups (broad SMARTS) is 1. The van der Waals surface area contributed by atoms with E-state index in [9.17, 15) is 22.8 Å². The van der Waals surface area contributed by atoms with Crippen molar-refractivity contribution < 1.29 is 27.9 Å². The molecule has 0 radical (unpaired) electrons. The topological polar surface area (TPSA) is 66.4 Å². The minimum Gasteiger partial charge on any atom is -0.479 e. The second kappa shape index (κ2) is 5.02. The number of alkyl halides is 3. The van der Waals surface area contributed by atoms with Gasteiger partial charge in [0.05, 0.1) is 0 Å². The van der Waals surface area contributed by atoms with Gasteiger partial charge < -0.3 is 10.4 Å². The molecular weight excluding hydrogens is 263 g/mol. The smallest absolute Gasteiger partial charge is 0.422 e. The number of nitrogens with one attached hydrogen (secondary N) is 1. The van der Waals surface area contributed by atoms with Gasteiger partial charge in [-0.15, -0.1) is 0 Å². The first kappa shape index (κ1) is 15.8. The number of hydrogen-bond acceptors (Lipinski definition) is 2. The van der Waals surface area contributed by atoms with Crippen LogP contribution in [0.2, 0.25) is 0 Å². The van der Waals surface area contributed by atoms with Crippen molar-refractivity contribution in [2.24, 2.45) is 5.41 Å². The first-order chi connectivity index (χ1) is 8.53. The van der Waals surface area contributed by atoms with E-state index in [1.54, 1.807) is 12.2 Å². The number of aliphatic carboxylic acids is 1. The molecule has 0 aromatic heterocycles. The van der Waals surface area contributed by atoms with Crippen LogP contribution in [0.3, 0.4) is 0 Å². The first-order valence-corrected chi connectivity index (χ1v) is 6.16. The molecule has 0 aromatic rings. The lowest BCUT2D eigenvalue weighted by Crippen LogP contribution is -2.64. The third kappa shape index (κ3) is 3.01. The third-order valence-corrected chi connectivity index (χ3v) is 3.86. The van der Waals surface area contributed by atoms with Crippen LogP contribution in [-0.4, -0.2) is 28.7 Å². The summed E-state index contributed by atoms with van der Waals surface area (Å²) in [6.07, 6.45) is -1.61. The molecule has 1 atom stereocenters. The molecule has 2 N–H and O–H groups in total. The van der Waals surface area contributed by atoms with Crippen LogP contribution in [0.1, 0.15) is 46.0 Å². The Labute approximate surface area is 109 Å². The molecule has 7 heteroatoms. The molecule has 1 saturated carbocycles. The van der Waals surface area contributed by atoms with Crippen LogP contribution in [0, 0.1) is 5.41 Å². The molecule has 4 nitrogen and oxygen atoms in total. The molecule has 0 bridgehead atoms. The fourth-order valence-corrected chi connectivity index (χ4v) is 2.18. The van der Waals surface area contributed by atoms with E-state index in [0.29, 0.717) is 19.8 Å². The van der Waals surface area contributed by atoms with Crippen molar-refractivity contribution in [2.75, 3.05) is 0 Å². The Bertz CT molecular complexity index is 375. The van der Waals surface area contributed by atoms with E-state index in [4.69, 9.17) is 5.11 Å². The Kier molecular flexibility index (Phi) is 4.17. The summed E-state index contributed by atoms with van der Waals surface area (Å²) in [7, 11) is 0. The SMILES string of the molecule is CC1(C(=O)NC(C)(C(=O)O)C(F)(F)F)CCCCC1. The van der Waals surface area contributed by atoms with E-state index < -0.39 is 29.0 Å². The Morgan fingerprint density at radius 2 is 1.63 bits per heavy atom. The van der Waals surface area contributed by atoms with Crippen LogP contribution in [0.5, 0.6) is 0 Å². The van der Waals surface area contributed by atoms with Gasteiger partial charge in [0.25, 0.3) is 0 Å². The summed E-state index contributed by atoms with van der Waals surface area (Å²) in [5.41, 5.74) is -4.16. The fraction of sp³-hybridized carbons (Fsp3) is 0.833. The lowest BCUT2D eigenvalue weighted by molar-refractivity contribution is -0.208. The fourth-order valence-electron chi connectivity index (χ4n) is 2.18. The molecule has 0 aliphatic heterocycles. The largest absolute Gasteiger partial charge is 0.479 e. The van der Waals surface area contributed by atoms with E-state index in [1.807, 2.05) is 0 Å². The van der Waals surface area contributed by atoms with Gasteiger partial charge in [-0.1, -0.05) is 26.2 Å². The summed E-state index contributed by atoms with van der Waals surface area (Å²) in [4.78, 5) is 22.9. The van der Waals surface area contributed by atoms with Crippen molar-refractivity contribution in [3.05, 3.63) is 0 Å². The summed E-state index contributed by atoms with van der Waals surface area (Å²) in [5.74, 6) is -2.94. The molecule has 0 heterocycles. The maximum atomic E-state index is 12.8. The van der Waals surface area contributed by atoms with Gasteiger partial charge in [0.15, 0.2) is 0 Å². The Morgan fingerprint density at radius 3 is 2.00 bits per heavy atom. The van der Waals surface area contributed by atoms with Crippen LogP contribution < -0.4 is 5.32 Å². The average molecular weight is 281 g/mol. The number of carbonyl (C=O) groups is 2. The van der Waals surface area contributed by atoms with E-state index in [-0.39, 0.29) is 0 Å². The van der Waals surface area contributed by atoms with Gasteiger partial charge in [-0.25, -0.2) is 4.79 Å². The highest BCUT2D eigenvalue weighted by atomic mass is 19.4. The molecule has 1 aliphatic rings. The molecule has 110 valence electrons. The summed E-state index contributed by atoms with van der Waals surface area (Å²) in [6, 6.07) is 0. The van der Waals surface area contributed by atoms with Gasteiger partial charge in [0.2, 0.25) is 11.4 Å². The highest BCUT2D eigenvalue weighted by Gasteiger charge is 2.59. The van der Waals surface area contributed by atoms with Gasteiger partial charge in [-0.3, -0.25) is 4.79 Å². The Morgan fingerprint density at radius 1 is 1.16 bits per heavy atom. The maximum Gasteiger partial charge on any atom is 0.422 e. The van der Waals surface area contributed by atoms with Crippen LogP contribution in [0.4, 0.5) is 13.2 Å². The molecule has 1 rings (SSSR count). The van der Waals surface area contributed by atoms with E-state index in [0.717, 1.165) is 19.3 Å². The Hall–Kier alpha value is -1.27. The highest BCUT2D eigenvalue weighted by molar-refractivity contribution is 5.90. The van der Waals surface area contributed by atoms with Crippen LogP contribution >= 0.6 is 0 Å². The minimum absolute atomic E-state index is 0.472. The first-order valence-electron chi connectivity index (χ1n) is 6.16. The van der Waals surface area contributed by atoms with Crippen molar-refractivity contribution in [3.63, 3.8) is 0 Å². The van der Waals surface area contributed by atoms with Crippen LogP contribution in [0.15, 0.2) is 0 Å². The Balaban J connectivity index is 2.92. The molecule has 1 unspecified atom stereocenters. The van der Waals surface area contributed by atoms with Gasteiger partial charge >= 0.3 is 12.1 Å². The van der Waals surface area contributed by atoms with E-state index >= 15 is 0 Å². The van der Waals surface area contributed by atoms with Gasteiger partial charge in [0, 0.05) is 5.41 Å². The van der Waals surface area contributed by atoms with Gasteiger partial charge in [-0.2, -0.15) is 13.2 Å². The molecule has 1 fully saturated rings. The zero-order valence-electron chi connectivity index (χ0n) is 10.9. The summed E-state index contributed by atoms with van der Waals surface area (Å²) < 4.78 is 38.4. The van der Waals surface area contributed by atoms with E-state index in [2.05, 4.69) is 0 Å². The summed E-state index contributed by atoms with van der Waals surface area (Å²) in [5, 5.41) is 10.4. The summed E-state index contributed by atoms with van der Waals surface area (Å²) >= 11 is 0. The molecular formula is C12H18F3NO3. The van der Waals surface area contributed by atoms with Crippen molar-refractivity contribution in [1.29, 1.82) is 0 Å². The van der Waals surface area contributed by atoms with Crippen molar-refractivity contribution >= 4 is 11.9 Å². The highest BCUT2D eigenvalue weighted by Crippen LogP contribution is 2.38. The monoisotopic (exact) mass is 281 g/mol. The molecule has 0 spiro atoms. The number of carboxylic acids is 1.